The molecule has 0 heterocycles. The molecule has 0 aliphatic heterocycles. The number of hydrogen-bond acceptors (Lipinski definition) is 7. The number of aromatic hydroxyl groups is 1. The summed E-state index contributed by atoms with van der Waals surface area (Å²) in [6.45, 7) is 3.12. The Morgan fingerprint density at radius 2 is 1.57 bits per heavy atom. The second-order valence-electron chi connectivity index (χ2n) is 8.27. The van der Waals surface area contributed by atoms with Crippen molar-refractivity contribution in [1.82, 2.24) is 16.0 Å². The number of aliphatic imine (C=N–C) groups is 1. The molecule has 0 aromatic heterocycles. The molecule has 3 unspecified atom stereocenters. The number of nitrogens with two attached hydrogens (primary N) is 3. The Labute approximate surface area is 203 Å². The fourth-order valence-corrected chi connectivity index (χ4v) is 3.14. The van der Waals surface area contributed by atoms with Gasteiger partial charge in [0, 0.05) is 13.0 Å². The summed E-state index contributed by atoms with van der Waals surface area (Å²) in [5, 5.41) is 26.4. The van der Waals surface area contributed by atoms with Crippen LogP contribution in [-0.4, -0.2) is 71.1 Å². The Hall–Kier alpha value is -3.87. The van der Waals surface area contributed by atoms with Crippen LogP contribution in [0.25, 0.3) is 0 Å². The number of carbonyl (C=O) groups is 4. The second kappa shape index (κ2) is 14.4. The summed E-state index contributed by atoms with van der Waals surface area (Å²) in [5.74, 6) is -3.64. The standard InChI is InChI=1S/C22H35N7O6/c1-12(2)18(21(34)35)29-19(32)15(4-3-9-26-22(24)25)28-20(33)16(27-17(31)11-23)10-13-5-7-14(30)8-6-13/h5-8,12,15-16,18,30H,3-4,9-11,23H2,1-2H3,(H,27,31)(H,28,33)(H,29,32)(H,34,35)(H4,24,25,26). The van der Waals surface area contributed by atoms with Gasteiger partial charge in [-0.3, -0.25) is 19.4 Å². The molecule has 194 valence electrons. The van der Waals surface area contributed by atoms with Gasteiger partial charge in [0.25, 0.3) is 0 Å². The van der Waals surface area contributed by atoms with Crippen molar-refractivity contribution < 1.29 is 29.4 Å². The summed E-state index contributed by atoms with van der Waals surface area (Å²) in [6, 6.07) is 2.69. The molecule has 0 aliphatic carbocycles. The van der Waals surface area contributed by atoms with Gasteiger partial charge in [0.1, 0.15) is 23.9 Å². The summed E-state index contributed by atoms with van der Waals surface area (Å²) in [6.07, 6.45) is 0.479. The lowest BCUT2D eigenvalue weighted by Gasteiger charge is -2.25. The van der Waals surface area contributed by atoms with Crippen molar-refractivity contribution in [3.05, 3.63) is 29.8 Å². The maximum atomic E-state index is 13.1. The third-order valence-electron chi connectivity index (χ3n) is 5.02. The van der Waals surface area contributed by atoms with Crippen molar-refractivity contribution in [2.75, 3.05) is 13.1 Å². The molecule has 0 saturated carbocycles. The first kappa shape index (κ1) is 29.2. The summed E-state index contributed by atoms with van der Waals surface area (Å²) < 4.78 is 0. The van der Waals surface area contributed by atoms with Crippen molar-refractivity contribution in [2.45, 2.75) is 51.2 Å². The highest BCUT2D eigenvalue weighted by atomic mass is 16.4. The normalized spacial score (nSPS) is 13.3. The van der Waals surface area contributed by atoms with Crippen LogP contribution in [0.4, 0.5) is 0 Å². The molecule has 13 heteroatoms. The third-order valence-corrected chi connectivity index (χ3v) is 5.02. The average molecular weight is 494 g/mol. The van der Waals surface area contributed by atoms with Crippen LogP contribution >= 0.6 is 0 Å². The van der Waals surface area contributed by atoms with E-state index >= 15 is 0 Å². The number of carboxylic acids is 1. The minimum Gasteiger partial charge on any atom is -0.508 e. The number of carboxylic acid groups (broad SMARTS) is 1. The topological polar surface area (TPSA) is 235 Å². The Kier molecular flexibility index (Phi) is 12.0. The van der Waals surface area contributed by atoms with E-state index in [2.05, 4.69) is 20.9 Å². The molecule has 11 N–H and O–H groups in total. The van der Waals surface area contributed by atoms with E-state index in [0.717, 1.165) is 0 Å². The van der Waals surface area contributed by atoms with Gasteiger partial charge in [0.2, 0.25) is 17.7 Å². The van der Waals surface area contributed by atoms with Crippen LogP contribution in [0.2, 0.25) is 0 Å². The largest absolute Gasteiger partial charge is 0.508 e. The molecule has 1 aromatic rings. The number of rotatable bonds is 14. The molecule has 0 aliphatic rings. The van der Waals surface area contributed by atoms with Crippen molar-refractivity contribution in [3.63, 3.8) is 0 Å². The van der Waals surface area contributed by atoms with Gasteiger partial charge in [0.15, 0.2) is 5.96 Å². The summed E-state index contributed by atoms with van der Waals surface area (Å²) in [5.41, 5.74) is 16.6. The number of benzene rings is 1. The molecule has 0 spiro atoms. The van der Waals surface area contributed by atoms with E-state index in [0.29, 0.717) is 12.0 Å². The second-order valence-corrected chi connectivity index (χ2v) is 8.27. The van der Waals surface area contributed by atoms with Crippen LogP contribution in [-0.2, 0) is 25.6 Å². The molecule has 13 nitrogen and oxygen atoms in total. The lowest BCUT2D eigenvalue weighted by Crippen LogP contribution is -2.57. The molecular formula is C22H35N7O6. The van der Waals surface area contributed by atoms with Crippen LogP contribution in [0.5, 0.6) is 5.75 Å². The van der Waals surface area contributed by atoms with E-state index in [9.17, 15) is 29.4 Å². The van der Waals surface area contributed by atoms with Crippen molar-refractivity contribution in [3.8, 4) is 5.75 Å². The minimum atomic E-state index is -1.21. The number of nitrogens with zero attached hydrogens (tertiary/aromatic N) is 1. The van der Waals surface area contributed by atoms with Gasteiger partial charge in [-0.2, -0.15) is 0 Å². The zero-order valence-electron chi connectivity index (χ0n) is 19.9. The predicted molar refractivity (Wildman–Crippen MR) is 129 cm³/mol. The number of nitrogens with one attached hydrogen (secondary N) is 3. The first-order valence-electron chi connectivity index (χ1n) is 11.1. The lowest BCUT2D eigenvalue weighted by atomic mass is 10.0. The summed E-state index contributed by atoms with van der Waals surface area (Å²) in [7, 11) is 0. The fraction of sp³-hybridized carbons (Fsp3) is 0.500. The van der Waals surface area contributed by atoms with Gasteiger partial charge in [-0.05, 0) is 36.5 Å². The number of phenols is 1. The molecule has 1 rings (SSSR count). The Bertz CT molecular complexity index is 900. The van der Waals surface area contributed by atoms with Crippen LogP contribution in [0.1, 0.15) is 32.3 Å². The first-order chi connectivity index (χ1) is 16.4. The number of guanidine groups is 1. The average Bonchev–Trinajstić information content (AvgIpc) is 2.79. The van der Waals surface area contributed by atoms with Crippen LogP contribution < -0.4 is 33.2 Å². The molecule has 3 amide bonds. The summed E-state index contributed by atoms with van der Waals surface area (Å²) in [4.78, 5) is 53.3. The molecule has 0 bridgehead atoms. The van der Waals surface area contributed by atoms with E-state index in [1.54, 1.807) is 26.0 Å². The molecule has 1 aromatic carbocycles. The molecule has 3 atom stereocenters. The van der Waals surface area contributed by atoms with Gasteiger partial charge in [0.05, 0.1) is 6.54 Å². The van der Waals surface area contributed by atoms with Gasteiger partial charge in [-0.25, -0.2) is 4.79 Å². The van der Waals surface area contributed by atoms with Gasteiger partial charge in [-0.1, -0.05) is 26.0 Å². The van der Waals surface area contributed by atoms with E-state index in [1.807, 2.05) is 0 Å². The quantitative estimate of drug-likeness (QED) is 0.0823. The van der Waals surface area contributed by atoms with E-state index < -0.39 is 47.7 Å². The number of carbonyl (C=O) groups excluding carboxylic acids is 3. The van der Waals surface area contributed by atoms with Crippen LogP contribution in [0.3, 0.4) is 0 Å². The van der Waals surface area contributed by atoms with Gasteiger partial charge < -0.3 is 43.4 Å². The molecular weight excluding hydrogens is 458 g/mol. The highest BCUT2D eigenvalue weighted by Crippen LogP contribution is 2.12. The zero-order chi connectivity index (χ0) is 26.5. The Balaban J connectivity index is 3.08. The van der Waals surface area contributed by atoms with Crippen LogP contribution in [0.15, 0.2) is 29.3 Å². The van der Waals surface area contributed by atoms with E-state index in [-0.39, 0.29) is 37.6 Å². The first-order valence-corrected chi connectivity index (χ1v) is 11.1. The fourth-order valence-electron chi connectivity index (χ4n) is 3.14. The Morgan fingerprint density at radius 1 is 0.971 bits per heavy atom. The maximum Gasteiger partial charge on any atom is 0.326 e. The predicted octanol–water partition coefficient (Wildman–Crippen LogP) is -1.86. The van der Waals surface area contributed by atoms with E-state index in [1.165, 1.54) is 12.1 Å². The number of phenolic OH excluding ortho intramolecular Hbond substituents is 1. The maximum absolute atomic E-state index is 13.1. The van der Waals surface area contributed by atoms with Crippen molar-refractivity contribution in [1.29, 1.82) is 0 Å². The molecule has 0 fully saturated rings. The molecule has 0 radical (unpaired) electrons. The highest BCUT2D eigenvalue weighted by molar-refractivity contribution is 5.93. The SMILES string of the molecule is CC(C)C(NC(=O)C(CCCN=C(N)N)NC(=O)C(Cc1ccc(O)cc1)NC(=O)CN)C(=O)O. The van der Waals surface area contributed by atoms with Crippen molar-refractivity contribution >= 4 is 29.7 Å². The number of amides is 3. The Morgan fingerprint density at radius 3 is 2.09 bits per heavy atom. The number of hydrogen-bond donors (Lipinski definition) is 8. The number of aliphatic carboxylic acids is 1. The van der Waals surface area contributed by atoms with Gasteiger partial charge in [-0.15, -0.1) is 0 Å². The molecule has 0 saturated heterocycles. The van der Waals surface area contributed by atoms with Gasteiger partial charge >= 0.3 is 5.97 Å². The minimum absolute atomic E-state index is 0.0383. The van der Waals surface area contributed by atoms with Crippen molar-refractivity contribution in [2.24, 2.45) is 28.1 Å². The lowest BCUT2D eigenvalue weighted by molar-refractivity contribution is -0.143. The highest BCUT2D eigenvalue weighted by Gasteiger charge is 2.30. The zero-order valence-corrected chi connectivity index (χ0v) is 19.9. The smallest absolute Gasteiger partial charge is 0.326 e. The summed E-state index contributed by atoms with van der Waals surface area (Å²) >= 11 is 0. The monoisotopic (exact) mass is 493 g/mol. The molecule has 35 heavy (non-hydrogen) atoms. The third kappa shape index (κ3) is 10.7. The van der Waals surface area contributed by atoms with E-state index in [4.69, 9.17) is 17.2 Å². The van der Waals surface area contributed by atoms with Crippen LogP contribution in [0, 0.1) is 5.92 Å².